The average Bonchev–Trinajstić information content (AvgIpc) is 3.78. The van der Waals surface area contributed by atoms with Crippen LogP contribution in [0, 0.1) is 33.5 Å². The van der Waals surface area contributed by atoms with Crippen molar-refractivity contribution in [3.05, 3.63) is 87.9 Å². The molecule has 3 aromatic carbocycles. The van der Waals surface area contributed by atoms with Crippen molar-refractivity contribution in [1.29, 1.82) is 5.26 Å². The number of carbonyl (C=O) groups is 5. The Morgan fingerprint density at radius 2 is 1.56 bits per heavy atom. The minimum atomic E-state index is -0.967. The van der Waals surface area contributed by atoms with Gasteiger partial charge in [0.2, 0.25) is 11.8 Å². The van der Waals surface area contributed by atoms with Gasteiger partial charge in [-0.15, -0.1) is 0 Å². The van der Waals surface area contributed by atoms with Crippen molar-refractivity contribution in [2.75, 3.05) is 55.6 Å². The molecular weight excluding hydrogens is 794 g/mol. The molecule has 3 aromatic rings. The quantitative estimate of drug-likeness (QED) is 0.258. The third-order valence-electron chi connectivity index (χ3n) is 14.5. The Kier molecular flexibility index (Phi) is 10.2. The highest BCUT2D eigenvalue weighted by Gasteiger charge is 2.64. The number of halogens is 1. The van der Waals surface area contributed by atoms with Crippen LogP contribution in [0.5, 0.6) is 5.75 Å². The van der Waals surface area contributed by atoms with Crippen molar-refractivity contribution in [2.24, 2.45) is 22.2 Å². The lowest BCUT2D eigenvalue weighted by Gasteiger charge is -2.63. The van der Waals surface area contributed by atoms with E-state index < -0.39 is 23.8 Å². The number of nitrogens with one attached hydrogen (secondary N) is 2. The first-order valence-electron chi connectivity index (χ1n) is 21.4. The maximum atomic E-state index is 13.5. The van der Waals surface area contributed by atoms with Crippen LogP contribution in [0.25, 0.3) is 0 Å². The Labute approximate surface area is 361 Å². The summed E-state index contributed by atoms with van der Waals surface area (Å²) >= 11 is 6.26. The van der Waals surface area contributed by atoms with Crippen molar-refractivity contribution in [1.82, 2.24) is 20.4 Å². The van der Waals surface area contributed by atoms with Crippen LogP contribution in [-0.4, -0.2) is 103 Å². The Morgan fingerprint density at radius 1 is 0.869 bits per heavy atom. The smallest absolute Gasteiger partial charge is 0.262 e. The van der Waals surface area contributed by atoms with Gasteiger partial charge < -0.3 is 19.9 Å². The van der Waals surface area contributed by atoms with Crippen molar-refractivity contribution < 1.29 is 28.7 Å². The zero-order chi connectivity index (χ0) is 43.0. The highest BCUT2D eigenvalue weighted by molar-refractivity contribution is 6.31. The van der Waals surface area contributed by atoms with E-state index in [9.17, 15) is 29.2 Å². The number of piperidine rings is 1. The fourth-order valence-corrected chi connectivity index (χ4v) is 11.8. The van der Waals surface area contributed by atoms with Crippen LogP contribution in [0.15, 0.2) is 60.7 Å². The van der Waals surface area contributed by atoms with Crippen LogP contribution in [-0.2, 0) is 9.59 Å². The van der Waals surface area contributed by atoms with Crippen LogP contribution in [0.4, 0.5) is 11.4 Å². The number of fused-ring (bicyclic) bond motifs is 1. The van der Waals surface area contributed by atoms with Gasteiger partial charge in [-0.1, -0.05) is 39.3 Å². The van der Waals surface area contributed by atoms with Crippen LogP contribution in [0.2, 0.25) is 5.02 Å². The summed E-state index contributed by atoms with van der Waals surface area (Å²) in [6.07, 6.45) is 3.50. The zero-order valence-corrected chi connectivity index (χ0v) is 35.9. The Balaban J connectivity index is 0.727. The summed E-state index contributed by atoms with van der Waals surface area (Å²) in [5.74, 6) is -0.798. The molecule has 6 aliphatic rings. The van der Waals surface area contributed by atoms with Gasteiger partial charge in [-0.2, -0.15) is 5.26 Å². The molecule has 5 fully saturated rings. The van der Waals surface area contributed by atoms with E-state index in [1.165, 1.54) is 12.8 Å². The summed E-state index contributed by atoms with van der Waals surface area (Å²) in [4.78, 5) is 72.6. The standard InChI is InChI=1S/C47H52ClN7O6/c1-45(2)43(46(3,4)44(45)61-33-11-7-30(25-49)36(48)22-33)51-39(57)29-5-8-31(9-6-29)53-19-17-52(18-20-53)26-28-23-47(24-28)15-16-54(27-47)32-10-12-34-35(21-32)42(60)55(41(34)59)37-13-14-38(56)50-40(37)58/h5-12,21-22,28,37,43-44H,13-20,23-24,26-27H2,1-4H3,(H,51,57)(H,50,56,58). The predicted octanol–water partition coefficient (Wildman–Crippen LogP) is 5.65. The minimum Gasteiger partial charge on any atom is -0.489 e. The number of carbonyl (C=O) groups excluding carboxylic acids is 5. The van der Waals surface area contributed by atoms with E-state index in [0.717, 1.165) is 68.5 Å². The van der Waals surface area contributed by atoms with E-state index in [1.54, 1.807) is 30.3 Å². The predicted molar refractivity (Wildman–Crippen MR) is 230 cm³/mol. The monoisotopic (exact) mass is 845 g/mol. The second-order valence-electron chi connectivity index (χ2n) is 19.3. The molecule has 0 aromatic heterocycles. The lowest BCUT2D eigenvalue weighted by atomic mass is 9.49. The van der Waals surface area contributed by atoms with Gasteiger partial charge >= 0.3 is 0 Å². The largest absolute Gasteiger partial charge is 0.489 e. The molecule has 13 nitrogen and oxygen atoms in total. The van der Waals surface area contributed by atoms with Crippen LogP contribution >= 0.6 is 11.6 Å². The van der Waals surface area contributed by atoms with Crippen LogP contribution in [0.3, 0.4) is 0 Å². The number of anilines is 2. The fourth-order valence-electron chi connectivity index (χ4n) is 11.6. The van der Waals surface area contributed by atoms with Gasteiger partial charge in [0, 0.05) is 92.1 Å². The van der Waals surface area contributed by atoms with Gasteiger partial charge in [-0.3, -0.25) is 39.1 Å². The fraction of sp³-hybridized carbons (Fsp3) is 0.489. The molecule has 3 saturated heterocycles. The number of nitrogens with zero attached hydrogens (tertiary/aromatic N) is 5. The van der Waals surface area contributed by atoms with E-state index in [2.05, 4.69) is 59.1 Å². The molecule has 2 N–H and O–H groups in total. The number of hydrogen-bond donors (Lipinski definition) is 2. The molecule has 1 spiro atoms. The molecular formula is C47H52ClN7O6. The highest BCUT2D eigenvalue weighted by Crippen LogP contribution is 2.56. The summed E-state index contributed by atoms with van der Waals surface area (Å²) < 4.78 is 6.39. The third-order valence-corrected chi connectivity index (χ3v) is 14.8. The molecule has 1 atom stereocenters. The molecule has 4 heterocycles. The molecule has 0 bridgehead atoms. The van der Waals surface area contributed by atoms with Gasteiger partial charge in [0.15, 0.2) is 0 Å². The van der Waals surface area contributed by atoms with E-state index in [4.69, 9.17) is 16.3 Å². The first-order chi connectivity index (χ1) is 29.1. The zero-order valence-electron chi connectivity index (χ0n) is 35.1. The Bertz CT molecular complexity index is 2340. The van der Waals surface area contributed by atoms with Gasteiger partial charge in [-0.05, 0) is 91.6 Å². The topological polar surface area (TPSA) is 155 Å². The van der Waals surface area contributed by atoms with Crippen molar-refractivity contribution in [3.8, 4) is 11.8 Å². The summed E-state index contributed by atoms with van der Waals surface area (Å²) in [5, 5.41) is 15.1. The summed E-state index contributed by atoms with van der Waals surface area (Å²) in [6, 6.07) is 19.4. The highest BCUT2D eigenvalue weighted by atomic mass is 35.5. The molecule has 0 radical (unpaired) electrons. The van der Waals surface area contributed by atoms with Crippen LogP contribution < -0.4 is 25.2 Å². The maximum Gasteiger partial charge on any atom is 0.262 e. The number of hydrogen-bond acceptors (Lipinski definition) is 10. The number of imide groups is 2. The molecule has 2 saturated carbocycles. The molecule has 14 heteroatoms. The molecule has 1 unspecified atom stereocenters. The number of ether oxygens (including phenoxy) is 1. The molecule has 2 aliphatic carbocycles. The summed E-state index contributed by atoms with van der Waals surface area (Å²) in [5.41, 5.74) is 3.26. The molecule has 4 aliphatic heterocycles. The normalized spacial score (nSPS) is 25.4. The Hall–Kier alpha value is -5.45. The van der Waals surface area contributed by atoms with Gasteiger partial charge in [0.25, 0.3) is 17.7 Å². The van der Waals surface area contributed by atoms with Crippen molar-refractivity contribution in [3.63, 3.8) is 0 Å². The lowest BCUT2D eigenvalue weighted by Crippen LogP contribution is -2.74. The van der Waals surface area contributed by atoms with E-state index in [1.807, 2.05) is 30.3 Å². The van der Waals surface area contributed by atoms with E-state index >= 15 is 0 Å². The summed E-state index contributed by atoms with van der Waals surface area (Å²) in [7, 11) is 0. The lowest BCUT2D eigenvalue weighted by molar-refractivity contribution is -0.164. The Morgan fingerprint density at radius 3 is 2.23 bits per heavy atom. The third kappa shape index (κ3) is 7.21. The van der Waals surface area contributed by atoms with Gasteiger partial charge in [0.05, 0.1) is 21.7 Å². The van der Waals surface area contributed by atoms with E-state index in [-0.39, 0.29) is 53.0 Å². The maximum absolute atomic E-state index is 13.5. The van der Waals surface area contributed by atoms with Crippen molar-refractivity contribution in [2.45, 2.75) is 78.0 Å². The minimum absolute atomic E-state index is 0.0963. The van der Waals surface area contributed by atoms with Crippen LogP contribution in [0.1, 0.15) is 96.4 Å². The second kappa shape index (κ2) is 15.2. The first kappa shape index (κ1) is 40.9. The number of piperazine rings is 1. The number of nitriles is 1. The van der Waals surface area contributed by atoms with Gasteiger partial charge in [-0.25, -0.2) is 0 Å². The van der Waals surface area contributed by atoms with Crippen molar-refractivity contribution >= 4 is 52.5 Å². The summed E-state index contributed by atoms with van der Waals surface area (Å²) in [6.45, 7) is 15.1. The molecule has 9 rings (SSSR count). The number of benzene rings is 3. The first-order valence-corrected chi connectivity index (χ1v) is 21.8. The molecule has 318 valence electrons. The molecule has 61 heavy (non-hydrogen) atoms. The SMILES string of the molecule is CC1(C)C(NC(=O)c2ccc(N3CCN(CC4CC5(CCN(c6ccc7c(c6)C(=O)N(C6CCC(=O)NC6=O)C7=O)C5)C4)CC3)cc2)C(C)(C)C1Oc1ccc(C#N)c(Cl)c1. The van der Waals surface area contributed by atoms with Gasteiger partial charge in [0.1, 0.15) is 24.0 Å². The second-order valence-corrected chi connectivity index (χ2v) is 19.7. The average molecular weight is 846 g/mol. The molecule has 5 amide bonds. The number of amides is 5. The van der Waals surface area contributed by atoms with E-state index in [0.29, 0.717) is 38.9 Å². The number of rotatable bonds is 9.